The zero-order chi connectivity index (χ0) is 31.2. The van der Waals surface area contributed by atoms with Gasteiger partial charge in [-0.2, -0.15) is 0 Å². The smallest absolute Gasteiger partial charge is 0.160 e. The minimum atomic E-state index is 0.717. The van der Waals surface area contributed by atoms with Gasteiger partial charge in [0.25, 0.3) is 0 Å². The van der Waals surface area contributed by atoms with Gasteiger partial charge >= 0.3 is 0 Å². The minimum Gasteiger partial charge on any atom is -0.309 e. The van der Waals surface area contributed by atoms with Gasteiger partial charge in [0.15, 0.2) is 5.82 Å². The summed E-state index contributed by atoms with van der Waals surface area (Å²) in [5, 5.41) is 4.87. The average molecular weight is 600 g/mol. The zero-order valence-corrected chi connectivity index (χ0v) is 25.6. The summed E-state index contributed by atoms with van der Waals surface area (Å²) in [5.74, 6) is 0.717. The molecule has 2 aromatic heterocycles. The van der Waals surface area contributed by atoms with Crippen LogP contribution in [0.1, 0.15) is 0 Å². The highest BCUT2D eigenvalue weighted by molar-refractivity contribution is 6.09. The molecule has 0 saturated heterocycles. The van der Waals surface area contributed by atoms with E-state index in [0.29, 0.717) is 5.82 Å². The molecule has 0 atom stereocenters. The van der Waals surface area contributed by atoms with Crippen LogP contribution in [0.5, 0.6) is 0 Å². The first-order valence-electron chi connectivity index (χ1n) is 15.9. The number of hydrogen-bond donors (Lipinski definition) is 0. The summed E-state index contributed by atoms with van der Waals surface area (Å²) < 4.78 is 2.38. The Labute approximate surface area is 273 Å². The normalized spacial score (nSPS) is 11.4. The Balaban J connectivity index is 1.22. The lowest BCUT2D eigenvalue weighted by Gasteiger charge is -2.15. The molecule has 0 bridgehead atoms. The summed E-state index contributed by atoms with van der Waals surface area (Å²) >= 11 is 0. The van der Waals surface area contributed by atoms with Gasteiger partial charge in [0, 0.05) is 33.2 Å². The van der Waals surface area contributed by atoms with Crippen LogP contribution in [-0.2, 0) is 0 Å². The number of nitrogens with zero attached hydrogens (tertiary/aromatic N) is 3. The number of para-hydroxylation sites is 2. The summed E-state index contributed by atoms with van der Waals surface area (Å²) in [6, 6.07) is 62.0. The van der Waals surface area contributed by atoms with Crippen molar-refractivity contribution in [3.8, 4) is 50.7 Å². The van der Waals surface area contributed by atoms with Crippen LogP contribution < -0.4 is 0 Å². The maximum absolute atomic E-state index is 5.14. The molecule has 0 amide bonds. The van der Waals surface area contributed by atoms with Crippen molar-refractivity contribution in [2.75, 3.05) is 0 Å². The van der Waals surface area contributed by atoms with Crippen LogP contribution in [0.2, 0.25) is 0 Å². The van der Waals surface area contributed by atoms with E-state index >= 15 is 0 Å². The molecule has 0 unspecified atom stereocenters. The van der Waals surface area contributed by atoms with Crippen LogP contribution in [0.3, 0.4) is 0 Å². The zero-order valence-electron chi connectivity index (χ0n) is 25.6. The molecule has 9 aromatic rings. The van der Waals surface area contributed by atoms with Crippen molar-refractivity contribution in [1.29, 1.82) is 0 Å². The highest BCUT2D eigenvalue weighted by Crippen LogP contribution is 2.38. The lowest BCUT2D eigenvalue weighted by atomic mass is 9.93. The Morgan fingerprint density at radius 1 is 0.340 bits per heavy atom. The predicted molar refractivity (Wildman–Crippen MR) is 196 cm³/mol. The first-order chi connectivity index (χ1) is 23.3. The maximum atomic E-state index is 5.14. The molecule has 0 spiro atoms. The molecule has 3 heteroatoms. The second-order valence-corrected chi connectivity index (χ2v) is 11.8. The third-order valence-corrected chi connectivity index (χ3v) is 9.02. The van der Waals surface area contributed by atoms with Gasteiger partial charge < -0.3 is 4.57 Å². The minimum absolute atomic E-state index is 0.717. The van der Waals surface area contributed by atoms with Gasteiger partial charge in [-0.3, -0.25) is 0 Å². The summed E-state index contributed by atoms with van der Waals surface area (Å²) in [7, 11) is 0. The fraction of sp³-hybridized carbons (Fsp3) is 0. The fourth-order valence-electron chi connectivity index (χ4n) is 6.85. The third kappa shape index (κ3) is 4.68. The summed E-state index contributed by atoms with van der Waals surface area (Å²) in [6.45, 7) is 0. The summed E-state index contributed by atoms with van der Waals surface area (Å²) in [5.41, 5.74) is 10.9. The number of fused-ring (bicyclic) bond motifs is 4. The van der Waals surface area contributed by atoms with E-state index in [9.17, 15) is 0 Å². The molecular weight excluding hydrogens is 571 g/mol. The number of aromatic nitrogens is 3. The van der Waals surface area contributed by atoms with Crippen LogP contribution in [0.15, 0.2) is 176 Å². The van der Waals surface area contributed by atoms with Crippen molar-refractivity contribution in [1.82, 2.24) is 14.5 Å². The van der Waals surface area contributed by atoms with Crippen LogP contribution in [0.4, 0.5) is 0 Å². The molecule has 0 radical (unpaired) electrons. The molecule has 0 N–H and O–H groups in total. The molecule has 3 nitrogen and oxygen atoms in total. The Kier molecular flexibility index (Phi) is 6.46. The van der Waals surface area contributed by atoms with Crippen LogP contribution in [-0.4, -0.2) is 14.5 Å². The maximum Gasteiger partial charge on any atom is 0.160 e. The molecule has 0 aliphatic rings. The fourth-order valence-corrected chi connectivity index (χ4v) is 6.85. The van der Waals surface area contributed by atoms with Crippen LogP contribution in [0, 0.1) is 0 Å². The first-order valence-corrected chi connectivity index (χ1v) is 15.9. The molecular formula is C44H29N3. The van der Waals surface area contributed by atoms with Crippen molar-refractivity contribution in [3.63, 3.8) is 0 Å². The number of rotatable bonds is 5. The molecule has 7 aromatic carbocycles. The molecule has 9 rings (SSSR count). The van der Waals surface area contributed by atoms with Crippen molar-refractivity contribution in [2.24, 2.45) is 0 Å². The van der Waals surface area contributed by atoms with E-state index < -0.39 is 0 Å². The average Bonchev–Trinajstić information content (AvgIpc) is 3.49. The molecule has 0 fully saturated rings. The van der Waals surface area contributed by atoms with Gasteiger partial charge in [-0.15, -0.1) is 0 Å². The topological polar surface area (TPSA) is 30.7 Å². The Bertz CT molecular complexity index is 2450. The van der Waals surface area contributed by atoms with Crippen molar-refractivity contribution < 1.29 is 0 Å². The van der Waals surface area contributed by atoms with E-state index in [1.165, 1.54) is 38.3 Å². The van der Waals surface area contributed by atoms with E-state index in [4.69, 9.17) is 9.97 Å². The Morgan fingerprint density at radius 2 is 0.851 bits per heavy atom. The second-order valence-electron chi connectivity index (χ2n) is 11.8. The lowest BCUT2D eigenvalue weighted by molar-refractivity contribution is 1.18. The summed E-state index contributed by atoms with van der Waals surface area (Å²) in [4.78, 5) is 10.2. The second kappa shape index (κ2) is 11.2. The van der Waals surface area contributed by atoms with Crippen molar-refractivity contribution in [2.45, 2.75) is 0 Å². The van der Waals surface area contributed by atoms with Crippen molar-refractivity contribution in [3.05, 3.63) is 176 Å². The molecule has 0 aliphatic carbocycles. The van der Waals surface area contributed by atoms with Gasteiger partial charge in [-0.05, 0) is 52.2 Å². The monoisotopic (exact) mass is 599 g/mol. The standard InChI is InChI=1S/C44H29N3/c1-3-14-30(15-4-1)40-29-41(46-44(45-40)31-16-5-2-6-17-31)37-27-26-34(35-20-7-8-21-36(35)37)32-18-13-19-33(28-32)47-42-24-11-9-22-38(42)39-23-10-12-25-43(39)47/h1-29H. The van der Waals surface area contributed by atoms with E-state index in [-0.39, 0.29) is 0 Å². The first kappa shape index (κ1) is 27.0. The molecule has 220 valence electrons. The van der Waals surface area contributed by atoms with Gasteiger partial charge in [-0.25, -0.2) is 9.97 Å². The Hall–Kier alpha value is -6.32. The van der Waals surface area contributed by atoms with E-state index in [2.05, 4.69) is 156 Å². The quantitative estimate of drug-likeness (QED) is 0.197. The molecule has 47 heavy (non-hydrogen) atoms. The third-order valence-electron chi connectivity index (χ3n) is 9.02. The van der Waals surface area contributed by atoms with Gasteiger partial charge in [-0.1, -0.05) is 146 Å². The van der Waals surface area contributed by atoms with Crippen LogP contribution >= 0.6 is 0 Å². The lowest BCUT2D eigenvalue weighted by Crippen LogP contribution is -1.97. The van der Waals surface area contributed by atoms with Gasteiger partial charge in [0.05, 0.1) is 22.4 Å². The number of benzene rings is 7. The molecule has 2 heterocycles. The van der Waals surface area contributed by atoms with Gasteiger partial charge in [0.1, 0.15) is 0 Å². The highest BCUT2D eigenvalue weighted by Gasteiger charge is 2.16. The Morgan fingerprint density at radius 3 is 1.53 bits per heavy atom. The van der Waals surface area contributed by atoms with Crippen molar-refractivity contribution >= 4 is 32.6 Å². The van der Waals surface area contributed by atoms with E-state index in [1.807, 2.05) is 24.3 Å². The molecule has 0 saturated carbocycles. The van der Waals surface area contributed by atoms with Gasteiger partial charge in [0.2, 0.25) is 0 Å². The molecule has 0 aliphatic heterocycles. The van der Waals surface area contributed by atoms with E-state index in [0.717, 1.165) is 39.2 Å². The summed E-state index contributed by atoms with van der Waals surface area (Å²) in [6.07, 6.45) is 0. The van der Waals surface area contributed by atoms with Crippen LogP contribution in [0.25, 0.3) is 83.3 Å². The largest absolute Gasteiger partial charge is 0.309 e. The van der Waals surface area contributed by atoms with E-state index in [1.54, 1.807) is 0 Å². The SMILES string of the molecule is c1ccc(-c2cc(-c3ccc(-c4cccc(-n5c6ccccc6c6ccccc65)c4)c4ccccc34)nc(-c3ccccc3)n2)cc1. The number of hydrogen-bond acceptors (Lipinski definition) is 2. The highest BCUT2D eigenvalue weighted by atomic mass is 15.0. The predicted octanol–water partition coefficient (Wildman–Crippen LogP) is 11.4.